The lowest BCUT2D eigenvalue weighted by Gasteiger charge is -2.46. The summed E-state index contributed by atoms with van der Waals surface area (Å²) < 4.78 is 44.1. The molecule has 0 radical (unpaired) electrons. The molecule has 2 saturated heterocycles. The fourth-order valence-electron chi connectivity index (χ4n) is 4.45. The minimum absolute atomic E-state index is 0.00842. The van der Waals surface area contributed by atoms with Crippen molar-refractivity contribution in [1.29, 1.82) is 0 Å². The molecule has 4 rings (SSSR count). The van der Waals surface area contributed by atoms with Crippen molar-refractivity contribution in [1.82, 2.24) is 15.1 Å². The zero-order valence-electron chi connectivity index (χ0n) is 19.1. The molecular weight excluding hydrogens is 479 g/mol. The Labute approximate surface area is 205 Å². The number of benzene rings is 2. The third-order valence-electron chi connectivity index (χ3n) is 6.33. The van der Waals surface area contributed by atoms with E-state index in [-0.39, 0.29) is 38.1 Å². The molecule has 2 aromatic carbocycles. The van der Waals surface area contributed by atoms with Crippen molar-refractivity contribution in [2.24, 2.45) is 0 Å². The number of likely N-dealkylation sites (tertiary alicyclic amines) is 1. The number of halogens is 3. The molecule has 2 fully saturated rings. The van der Waals surface area contributed by atoms with E-state index >= 15 is 0 Å². The first-order valence-corrected chi connectivity index (χ1v) is 11.4. The second-order valence-electron chi connectivity index (χ2n) is 8.59. The Morgan fingerprint density at radius 1 is 1.11 bits per heavy atom. The van der Waals surface area contributed by atoms with Crippen molar-refractivity contribution < 1.29 is 37.1 Å². The highest BCUT2D eigenvalue weighted by molar-refractivity contribution is 5.96. The molecule has 0 saturated carbocycles. The molecule has 0 aliphatic carbocycles. The van der Waals surface area contributed by atoms with Gasteiger partial charge in [0.1, 0.15) is 25.0 Å². The van der Waals surface area contributed by atoms with Crippen LogP contribution < -0.4 is 5.32 Å². The lowest BCUT2D eigenvalue weighted by Crippen LogP contribution is -2.69. The average Bonchev–Trinajstić information content (AvgIpc) is 3.24. The highest BCUT2D eigenvalue weighted by Crippen LogP contribution is 2.34. The lowest BCUT2D eigenvalue weighted by molar-refractivity contribution is -0.157. The Morgan fingerprint density at radius 3 is 2.53 bits per heavy atom. The maximum Gasteiger partial charge on any atom is 0.416 e. The molecule has 11 heteroatoms. The van der Waals surface area contributed by atoms with Crippen molar-refractivity contribution in [2.75, 3.05) is 13.2 Å². The van der Waals surface area contributed by atoms with Crippen molar-refractivity contribution in [3.8, 4) is 0 Å². The van der Waals surface area contributed by atoms with Crippen LogP contribution in [0.25, 0.3) is 0 Å². The van der Waals surface area contributed by atoms with Gasteiger partial charge in [-0.2, -0.15) is 13.2 Å². The standard InChI is InChI=1S/C25H24F3N3O5/c26-25(27,28)18-9-4-6-16(12-18)13-29-22(33)19(10-5-11-32)30-14-20(23(30)34)31-21(15-36-24(31)35)17-7-2-1-3-8-17/h1-4,6-9,11-12,19-21H,5,10,13-15H2,(H,29,33)/t19-,20-,21?/m0/s1. The maximum atomic E-state index is 13.1. The van der Waals surface area contributed by atoms with Crippen LogP contribution in [0.3, 0.4) is 0 Å². The number of hydrogen-bond acceptors (Lipinski definition) is 5. The van der Waals surface area contributed by atoms with Gasteiger partial charge in [-0.3, -0.25) is 14.5 Å². The number of carbonyl (C=O) groups is 4. The van der Waals surface area contributed by atoms with E-state index in [1.807, 2.05) is 30.3 Å². The zero-order chi connectivity index (χ0) is 25.9. The number of alkyl halides is 3. The second-order valence-corrected chi connectivity index (χ2v) is 8.59. The topological polar surface area (TPSA) is 96.0 Å². The van der Waals surface area contributed by atoms with Crippen molar-refractivity contribution in [3.63, 3.8) is 0 Å². The third kappa shape index (κ3) is 5.19. The Hall–Kier alpha value is -3.89. The molecular formula is C25H24F3N3O5. The molecule has 3 atom stereocenters. The van der Waals surface area contributed by atoms with E-state index in [0.717, 1.165) is 17.7 Å². The van der Waals surface area contributed by atoms with Gasteiger partial charge in [0, 0.05) is 13.0 Å². The van der Waals surface area contributed by atoms with Crippen LogP contribution in [0.1, 0.15) is 35.6 Å². The summed E-state index contributed by atoms with van der Waals surface area (Å²) in [6, 6.07) is 11.4. The van der Waals surface area contributed by atoms with Crippen molar-refractivity contribution in [2.45, 2.75) is 43.7 Å². The van der Waals surface area contributed by atoms with E-state index in [0.29, 0.717) is 6.29 Å². The first-order valence-electron chi connectivity index (χ1n) is 11.4. The van der Waals surface area contributed by atoms with E-state index in [2.05, 4.69) is 5.32 Å². The second kappa shape index (κ2) is 10.4. The number of rotatable bonds is 9. The molecule has 2 aromatic rings. The van der Waals surface area contributed by atoms with Crippen LogP contribution in [0.2, 0.25) is 0 Å². The van der Waals surface area contributed by atoms with Crippen LogP contribution in [0, 0.1) is 0 Å². The van der Waals surface area contributed by atoms with Gasteiger partial charge >= 0.3 is 12.3 Å². The van der Waals surface area contributed by atoms with Crippen LogP contribution in [0.5, 0.6) is 0 Å². The number of ether oxygens (including phenoxy) is 1. The number of carbonyl (C=O) groups excluding carboxylic acids is 4. The molecule has 190 valence electrons. The van der Waals surface area contributed by atoms with Crippen LogP contribution in [-0.2, 0) is 31.8 Å². The normalized spacial score (nSPS) is 20.5. The van der Waals surface area contributed by atoms with E-state index in [1.54, 1.807) is 0 Å². The summed E-state index contributed by atoms with van der Waals surface area (Å²) in [4.78, 5) is 52.0. The summed E-state index contributed by atoms with van der Waals surface area (Å²) in [5.74, 6) is -1.05. The largest absolute Gasteiger partial charge is 0.447 e. The van der Waals surface area contributed by atoms with E-state index < -0.39 is 47.8 Å². The van der Waals surface area contributed by atoms with Gasteiger partial charge in [0.05, 0.1) is 18.2 Å². The smallest absolute Gasteiger partial charge is 0.416 e. The van der Waals surface area contributed by atoms with Gasteiger partial charge in [-0.05, 0) is 29.7 Å². The zero-order valence-corrected chi connectivity index (χ0v) is 19.1. The van der Waals surface area contributed by atoms with E-state index in [1.165, 1.54) is 21.9 Å². The van der Waals surface area contributed by atoms with Crippen LogP contribution in [-0.4, -0.2) is 59.2 Å². The monoisotopic (exact) mass is 503 g/mol. The molecule has 0 bridgehead atoms. The molecule has 36 heavy (non-hydrogen) atoms. The fraction of sp³-hybridized carbons (Fsp3) is 0.360. The number of β-lactam (4-membered cyclic amide) rings is 1. The van der Waals surface area contributed by atoms with Gasteiger partial charge in [-0.25, -0.2) is 4.79 Å². The predicted molar refractivity (Wildman–Crippen MR) is 120 cm³/mol. The molecule has 0 spiro atoms. The van der Waals surface area contributed by atoms with Gasteiger partial charge < -0.3 is 19.7 Å². The number of nitrogens with one attached hydrogen (secondary N) is 1. The number of nitrogens with zero attached hydrogens (tertiary/aromatic N) is 2. The lowest BCUT2D eigenvalue weighted by atomic mass is 9.96. The van der Waals surface area contributed by atoms with Gasteiger partial charge in [0.25, 0.3) is 0 Å². The number of amides is 3. The first kappa shape index (κ1) is 25.2. The SMILES string of the molecule is O=CCC[C@@H](C(=O)NCc1cccc(C(F)(F)F)c1)N1C[C@H](N2C(=O)OCC2c2ccccc2)C1=O. The van der Waals surface area contributed by atoms with E-state index in [9.17, 15) is 32.3 Å². The molecule has 1 unspecified atom stereocenters. The summed E-state index contributed by atoms with van der Waals surface area (Å²) >= 11 is 0. The van der Waals surface area contributed by atoms with E-state index in [4.69, 9.17) is 4.74 Å². The molecule has 2 heterocycles. The van der Waals surface area contributed by atoms with Crippen molar-refractivity contribution >= 4 is 24.2 Å². The Balaban J connectivity index is 1.43. The maximum absolute atomic E-state index is 13.1. The summed E-state index contributed by atoms with van der Waals surface area (Å²) in [5.41, 5.74) is 0.217. The number of cyclic esters (lactones) is 1. The van der Waals surface area contributed by atoms with Crippen molar-refractivity contribution in [3.05, 3.63) is 71.3 Å². The quantitative estimate of drug-likeness (QED) is 0.419. The minimum Gasteiger partial charge on any atom is -0.447 e. The third-order valence-corrected chi connectivity index (χ3v) is 6.33. The molecule has 1 N–H and O–H groups in total. The van der Waals surface area contributed by atoms with Crippen LogP contribution in [0.4, 0.5) is 18.0 Å². The first-order chi connectivity index (χ1) is 17.2. The highest BCUT2D eigenvalue weighted by Gasteiger charge is 2.52. The molecule has 3 amide bonds. The van der Waals surface area contributed by atoms with Gasteiger partial charge in [0.2, 0.25) is 11.8 Å². The Kier molecular flexibility index (Phi) is 7.27. The van der Waals surface area contributed by atoms with Gasteiger partial charge in [-0.15, -0.1) is 0 Å². The molecule has 0 aromatic heterocycles. The molecule has 2 aliphatic heterocycles. The number of hydrogen-bond donors (Lipinski definition) is 1. The summed E-state index contributed by atoms with van der Waals surface area (Å²) in [6.45, 7) is -0.0171. The van der Waals surface area contributed by atoms with Crippen LogP contribution in [0.15, 0.2) is 54.6 Å². The van der Waals surface area contributed by atoms with Crippen LogP contribution >= 0.6 is 0 Å². The summed E-state index contributed by atoms with van der Waals surface area (Å²) in [7, 11) is 0. The summed E-state index contributed by atoms with van der Waals surface area (Å²) in [5, 5.41) is 2.56. The molecule has 2 aliphatic rings. The van der Waals surface area contributed by atoms with Gasteiger partial charge in [0.15, 0.2) is 0 Å². The Bertz CT molecular complexity index is 1140. The predicted octanol–water partition coefficient (Wildman–Crippen LogP) is 3.07. The fourth-order valence-corrected chi connectivity index (χ4v) is 4.45. The number of aldehydes is 1. The molecule has 8 nitrogen and oxygen atoms in total. The average molecular weight is 503 g/mol. The Morgan fingerprint density at radius 2 is 1.86 bits per heavy atom. The highest BCUT2D eigenvalue weighted by atomic mass is 19.4. The summed E-state index contributed by atoms with van der Waals surface area (Å²) in [6.07, 6.45) is -4.46. The van der Waals surface area contributed by atoms with Gasteiger partial charge in [-0.1, -0.05) is 42.5 Å². The minimum atomic E-state index is -4.51.